The zero-order chi connectivity index (χ0) is 32.8. The van der Waals surface area contributed by atoms with Gasteiger partial charge in [0.2, 0.25) is 5.91 Å². The van der Waals surface area contributed by atoms with Crippen LogP contribution in [0.5, 0.6) is 17.2 Å². The fourth-order valence-corrected chi connectivity index (χ4v) is 7.41. The lowest BCUT2D eigenvalue weighted by molar-refractivity contribution is -0.119. The maximum Gasteiger partial charge on any atom is 0.264 e. The molecule has 0 fully saturated rings. The number of rotatable bonds is 14. The largest absolute Gasteiger partial charge is 0.497 e. The topological polar surface area (TPSA) is 116 Å². The minimum atomic E-state index is -3.99. The molecular weight excluding hydrogens is 604 g/mol. The first-order chi connectivity index (χ1) is 22.1. The van der Waals surface area contributed by atoms with E-state index in [1.807, 2.05) is 42.1 Å². The average Bonchev–Trinajstić information content (AvgIpc) is 3.69. The number of fused-ring (bicyclic) bond motifs is 1. The van der Waals surface area contributed by atoms with E-state index < -0.39 is 22.0 Å². The van der Waals surface area contributed by atoms with Crippen molar-refractivity contribution in [3.05, 3.63) is 107 Å². The van der Waals surface area contributed by atoms with E-state index >= 15 is 0 Å². The molecule has 2 N–H and O–H groups in total. The Balaban J connectivity index is 1.27. The summed E-state index contributed by atoms with van der Waals surface area (Å²) in [5.41, 5.74) is 5.25. The van der Waals surface area contributed by atoms with Gasteiger partial charge in [-0.05, 0) is 103 Å². The Labute approximate surface area is 271 Å². The second kappa shape index (κ2) is 14.4. The molecule has 5 rings (SSSR count). The molecule has 0 radical (unpaired) electrons. The normalized spacial score (nSPS) is 14.4. The third kappa shape index (κ3) is 7.74. The summed E-state index contributed by atoms with van der Waals surface area (Å²) in [5.74, 6) is 1.55. The molecule has 0 bridgehead atoms. The smallest absolute Gasteiger partial charge is 0.264 e. The van der Waals surface area contributed by atoms with E-state index in [4.69, 9.17) is 14.2 Å². The molecule has 0 spiro atoms. The summed E-state index contributed by atoms with van der Waals surface area (Å²) in [7, 11) is 0.734. The predicted molar refractivity (Wildman–Crippen MR) is 176 cm³/mol. The highest BCUT2D eigenvalue weighted by Gasteiger charge is 2.30. The van der Waals surface area contributed by atoms with Crippen LogP contribution in [-0.4, -0.2) is 45.3 Å². The number of aliphatic hydroxyl groups is 1. The molecule has 0 saturated carbocycles. The van der Waals surface area contributed by atoms with Gasteiger partial charge in [0.1, 0.15) is 17.2 Å². The number of aryl methyl sites for hydroxylation is 1. The highest BCUT2D eigenvalue weighted by atomic mass is 32.2. The molecule has 2 atom stereocenters. The van der Waals surface area contributed by atoms with Crippen molar-refractivity contribution in [3.8, 4) is 17.2 Å². The van der Waals surface area contributed by atoms with Gasteiger partial charge in [0, 0.05) is 36.8 Å². The summed E-state index contributed by atoms with van der Waals surface area (Å²) in [6.45, 7) is 2.49. The number of methoxy groups -OCH3 is 3. The van der Waals surface area contributed by atoms with E-state index in [1.54, 1.807) is 14.2 Å². The van der Waals surface area contributed by atoms with Gasteiger partial charge < -0.3 is 23.9 Å². The summed E-state index contributed by atoms with van der Waals surface area (Å²) in [5, 5.41) is 11.8. The van der Waals surface area contributed by atoms with Crippen molar-refractivity contribution in [3.63, 3.8) is 0 Å². The molecule has 1 amide bonds. The van der Waals surface area contributed by atoms with Crippen LogP contribution in [0.25, 0.3) is 0 Å². The quantitative estimate of drug-likeness (QED) is 0.188. The fraction of sp³-hybridized carbons (Fsp3) is 0.361. The van der Waals surface area contributed by atoms with Gasteiger partial charge in [0.05, 0.1) is 32.3 Å². The van der Waals surface area contributed by atoms with Crippen molar-refractivity contribution >= 4 is 15.9 Å². The van der Waals surface area contributed by atoms with Crippen molar-refractivity contribution in [1.29, 1.82) is 0 Å². The molecule has 3 aromatic carbocycles. The Kier molecular flexibility index (Phi) is 10.4. The molecule has 0 saturated heterocycles. The average molecular weight is 647 g/mol. The molecule has 10 heteroatoms. The Morgan fingerprint density at radius 3 is 2.17 bits per heavy atom. The number of carbonyl (C=O) groups excluding carboxylic acids is 1. The van der Waals surface area contributed by atoms with Crippen LogP contribution >= 0.6 is 0 Å². The van der Waals surface area contributed by atoms with Crippen LogP contribution in [0.1, 0.15) is 46.8 Å². The predicted octanol–water partition coefficient (Wildman–Crippen LogP) is 5.41. The third-order valence-corrected chi connectivity index (χ3v) is 10.2. The second-order valence-electron chi connectivity index (χ2n) is 12.0. The van der Waals surface area contributed by atoms with E-state index in [1.165, 1.54) is 42.5 Å². The van der Waals surface area contributed by atoms with E-state index in [9.17, 15) is 18.3 Å². The lowest BCUT2D eigenvalue weighted by atomic mass is 9.85. The molecule has 244 valence electrons. The summed E-state index contributed by atoms with van der Waals surface area (Å²) < 4.78 is 45.8. The lowest BCUT2D eigenvalue weighted by Gasteiger charge is -2.27. The van der Waals surface area contributed by atoms with E-state index in [-0.39, 0.29) is 17.2 Å². The number of aliphatic hydroxyl groups excluding tert-OH is 1. The number of hydrogen-bond donors (Lipinski definition) is 2. The highest BCUT2D eigenvalue weighted by Crippen LogP contribution is 2.39. The number of amides is 1. The zero-order valence-corrected chi connectivity index (χ0v) is 27.5. The SMILES string of the molecule is COc1ccc(S(=O)(=O)NC(=O)CCc2ccn(C[C@H](CC3Cc4ccccc4C3)[C@H](O)c3cc(OC)c(C)c(OC)c3)c2)cc1. The zero-order valence-electron chi connectivity index (χ0n) is 26.7. The van der Waals surface area contributed by atoms with Gasteiger partial charge >= 0.3 is 0 Å². The van der Waals surface area contributed by atoms with Crippen molar-refractivity contribution in [1.82, 2.24) is 9.29 Å². The lowest BCUT2D eigenvalue weighted by Crippen LogP contribution is -2.30. The molecule has 0 unspecified atom stereocenters. The first-order valence-electron chi connectivity index (χ1n) is 15.4. The molecule has 0 aliphatic heterocycles. The molecule has 4 aromatic rings. The minimum absolute atomic E-state index is 0.00780. The number of sulfonamides is 1. The van der Waals surface area contributed by atoms with Gasteiger partial charge in [-0.15, -0.1) is 0 Å². The summed E-state index contributed by atoms with van der Waals surface area (Å²) >= 11 is 0. The van der Waals surface area contributed by atoms with Gasteiger partial charge in [-0.1, -0.05) is 24.3 Å². The van der Waals surface area contributed by atoms with E-state index in [0.29, 0.717) is 36.1 Å². The first-order valence-corrected chi connectivity index (χ1v) is 16.9. The Morgan fingerprint density at radius 1 is 0.957 bits per heavy atom. The van der Waals surface area contributed by atoms with E-state index in [0.717, 1.165) is 36.0 Å². The summed E-state index contributed by atoms with van der Waals surface area (Å²) in [6.07, 6.45) is 6.28. The Bertz CT molecular complexity index is 1720. The maximum absolute atomic E-state index is 12.7. The van der Waals surface area contributed by atoms with Crippen LogP contribution in [0.3, 0.4) is 0 Å². The molecule has 46 heavy (non-hydrogen) atoms. The van der Waals surface area contributed by atoms with Crippen molar-refractivity contribution in [2.45, 2.75) is 56.6 Å². The standard InChI is InChI=1S/C36H42N2O7S/c1-24-33(44-3)20-29(21-34(24)45-4)36(40)30(19-26-17-27-7-5-6-8-28(27)18-26)23-38-16-15-25(22-38)9-14-35(39)37-46(41,42)32-12-10-31(43-2)11-13-32/h5-8,10-13,15-16,20-22,26,30,36,40H,9,14,17-19,23H2,1-4H3,(H,37,39)/t30-,36+/m0/s1. The summed E-state index contributed by atoms with van der Waals surface area (Å²) in [4.78, 5) is 12.6. The number of hydrogen-bond acceptors (Lipinski definition) is 7. The molecule has 1 aliphatic rings. The van der Waals surface area contributed by atoms with Crippen molar-refractivity contribution in [2.24, 2.45) is 11.8 Å². The van der Waals surface area contributed by atoms with Crippen LogP contribution in [0, 0.1) is 18.8 Å². The van der Waals surface area contributed by atoms with Crippen LogP contribution in [0.4, 0.5) is 0 Å². The molecule has 9 nitrogen and oxygen atoms in total. The molecule has 1 heterocycles. The van der Waals surface area contributed by atoms with Gasteiger partial charge in [-0.25, -0.2) is 13.1 Å². The van der Waals surface area contributed by atoms with Crippen LogP contribution in [-0.2, 0) is 40.6 Å². The summed E-state index contributed by atoms with van der Waals surface area (Å²) in [6, 6.07) is 20.1. The number of carbonyl (C=O) groups is 1. The van der Waals surface area contributed by atoms with Crippen molar-refractivity contribution in [2.75, 3.05) is 21.3 Å². The number of nitrogens with one attached hydrogen (secondary N) is 1. The Hall–Kier alpha value is -4.28. The molecule has 1 aromatic heterocycles. The van der Waals surface area contributed by atoms with Gasteiger partial charge in [0.15, 0.2) is 0 Å². The fourth-order valence-electron chi connectivity index (χ4n) is 6.39. The molecular formula is C36H42N2O7S. The van der Waals surface area contributed by atoms with E-state index in [2.05, 4.69) is 29.0 Å². The van der Waals surface area contributed by atoms with Crippen LogP contribution in [0.2, 0.25) is 0 Å². The van der Waals surface area contributed by atoms with Crippen LogP contribution in [0.15, 0.2) is 84.0 Å². The molecule has 1 aliphatic carbocycles. The number of benzene rings is 3. The monoisotopic (exact) mass is 646 g/mol. The van der Waals surface area contributed by atoms with Gasteiger partial charge in [0.25, 0.3) is 10.0 Å². The third-order valence-electron chi connectivity index (χ3n) is 8.85. The second-order valence-corrected chi connectivity index (χ2v) is 13.6. The number of aromatic nitrogens is 1. The first kappa shape index (κ1) is 33.1. The van der Waals surface area contributed by atoms with Gasteiger partial charge in [-0.2, -0.15) is 0 Å². The maximum atomic E-state index is 12.7. The van der Waals surface area contributed by atoms with Crippen molar-refractivity contribution < 1.29 is 32.5 Å². The van der Waals surface area contributed by atoms with Gasteiger partial charge in [-0.3, -0.25) is 4.79 Å². The number of nitrogens with zero attached hydrogens (tertiary/aromatic N) is 1. The highest BCUT2D eigenvalue weighted by molar-refractivity contribution is 7.90. The number of ether oxygens (including phenoxy) is 3. The Morgan fingerprint density at radius 2 is 1.59 bits per heavy atom. The minimum Gasteiger partial charge on any atom is -0.497 e. The van der Waals surface area contributed by atoms with Crippen LogP contribution < -0.4 is 18.9 Å².